The molecule has 1 aliphatic heterocycles. The van der Waals surface area contributed by atoms with Crippen LogP contribution in [0, 0.1) is 0 Å². The Kier molecular flexibility index (Phi) is 4.77. The molecule has 2 atom stereocenters. The first-order valence-electron chi connectivity index (χ1n) is 6.53. The predicted molar refractivity (Wildman–Crippen MR) is 74.6 cm³/mol. The van der Waals surface area contributed by atoms with Crippen molar-refractivity contribution in [2.24, 2.45) is 5.73 Å². The molecule has 0 aliphatic carbocycles. The molecule has 0 amide bonds. The number of morpholine rings is 1. The summed E-state index contributed by atoms with van der Waals surface area (Å²) in [4.78, 5) is 0.237. The van der Waals surface area contributed by atoms with Crippen molar-refractivity contribution in [3.8, 4) is 0 Å². The van der Waals surface area contributed by atoms with Gasteiger partial charge in [-0.15, -0.1) is 0 Å². The van der Waals surface area contributed by atoms with Crippen molar-refractivity contribution in [3.05, 3.63) is 29.8 Å². The van der Waals surface area contributed by atoms with Crippen LogP contribution in [-0.4, -0.2) is 50.2 Å². The minimum atomic E-state index is -3.55. The molecular formula is C13H20N2O4S. The van der Waals surface area contributed by atoms with Crippen molar-refractivity contribution < 1.29 is 18.3 Å². The fraction of sp³-hybridized carbons (Fsp3) is 0.538. The number of nitrogens with two attached hydrogens (primary N) is 1. The summed E-state index contributed by atoms with van der Waals surface area (Å²) in [6.45, 7) is 2.43. The third-order valence-corrected chi connectivity index (χ3v) is 5.23. The number of benzene rings is 1. The molecule has 112 valence electrons. The van der Waals surface area contributed by atoms with E-state index in [0.29, 0.717) is 13.2 Å². The van der Waals surface area contributed by atoms with Crippen LogP contribution in [0.2, 0.25) is 0 Å². The first kappa shape index (κ1) is 15.4. The molecule has 1 heterocycles. The largest absolute Gasteiger partial charge is 0.394 e. The summed E-state index contributed by atoms with van der Waals surface area (Å²) in [5.41, 5.74) is 6.64. The topological polar surface area (TPSA) is 92.9 Å². The molecule has 1 aliphatic rings. The average Bonchev–Trinajstić information content (AvgIpc) is 2.47. The lowest BCUT2D eigenvalue weighted by Crippen LogP contribution is -2.46. The molecule has 6 nitrogen and oxygen atoms in total. The van der Waals surface area contributed by atoms with Crippen LogP contribution < -0.4 is 5.73 Å². The Morgan fingerprint density at radius 1 is 1.45 bits per heavy atom. The fourth-order valence-corrected chi connectivity index (χ4v) is 3.57. The van der Waals surface area contributed by atoms with E-state index < -0.39 is 16.1 Å². The number of nitrogens with zero attached hydrogens (tertiary/aromatic N) is 1. The first-order valence-corrected chi connectivity index (χ1v) is 7.97. The van der Waals surface area contributed by atoms with Crippen LogP contribution in [0.4, 0.5) is 0 Å². The Morgan fingerprint density at radius 3 is 2.65 bits per heavy atom. The van der Waals surface area contributed by atoms with Gasteiger partial charge in [0, 0.05) is 19.1 Å². The third-order valence-electron chi connectivity index (χ3n) is 3.35. The molecule has 0 bridgehead atoms. The zero-order valence-corrected chi connectivity index (χ0v) is 12.2. The van der Waals surface area contributed by atoms with Crippen molar-refractivity contribution in [3.63, 3.8) is 0 Å². The molecule has 0 spiro atoms. The minimum absolute atomic E-state index is 0.131. The van der Waals surface area contributed by atoms with E-state index in [-0.39, 0.29) is 24.1 Å². The Hall–Kier alpha value is -0.990. The van der Waals surface area contributed by atoms with Gasteiger partial charge in [-0.05, 0) is 24.6 Å². The lowest BCUT2D eigenvalue weighted by molar-refractivity contribution is -0.0304. The van der Waals surface area contributed by atoms with Gasteiger partial charge < -0.3 is 15.6 Å². The minimum Gasteiger partial charge on any atom is -0.394 e. The number of hydrogen-bond acceptors (Lipinski definition) is 5. The van der Waals surface area contributed by atoms with Crippen LogP contribution >= 0.6 is 0 Å². The van der Waals surface area contributed by atoms with Crippen molar-refractivity contribution in [1.29, 1.82) is 0 Å². The normalized spacial score (nSPS) is 22.6. The molecule has 1 fully saturated rings. The van der Waals surface area contributed by atoms with Crippen molar-refractivity contribution in [1.82, 2.24) is 4.31 Å². The van der Waals surface area contributed by atoms with E-state index >= 15 is 0 Å². The van der Waals surface area contributed by atoms with Crippen LogP contribution in [-0.2, 0) is 14.8 Å². The maximum atomic E-state index is 12.5. The molecule has 2 unspecified atom stereocenters. The van der Waals surface area contributed by atoms with Crippen molar-refractivity contribution in [2.75, 3.05) is 26.3 Å². The second-order valence-corrected chi connectivity index (χ2v) is 6.83. The molecule has 1 aromatic rings. The zero-order valence-electron chi connectivity index (χ0n) is 11.4. The predicted octanol–water partition coefficient (Wildman–Crippen LogP) is 0.0881. The Morgan fingerprint density at radius 2 is 2.10 bits per heavy atom. The maximum Gasteiger partial charge on any atom is 0.243 e. The number of rotatable bonds is 4. The summed E-state index contributed by atoms with van der Waals surface area (Å²) in [6.07, 6.45) is -0.457. The van der Waals surface area contributed by atoms with Gasteiger partial charge in [-0.2, -0.15) is 4.31 Å². The Balaban J connectivity index is 2.21. The van der Waals surface area contributed by atoms with Gasteiger partial charge in [0.15, 0.2) is 0 Å². The molecule has 7 heteroatoms. The third kappa shape index (κ3) is 3.18. The number of aliphatic hydroxyl groups is 1. The average molecular weight is 300 g/mol. The van der Waals surface area contributed by atoms with E-state index in [1.807, 2.05) is 6.92 Å². The van der Waals surface area contributed by atoms with Gasteiger partial charge >= 0.3 is 0 Å². The van der Waals surface area contributed by atoms with Gasteiger partial charge in [0.05, 0.1) is 24.2 Å². The van der Waals surface area contributed by atoms with Gasteiger partial charge in [-0.1, -0.05) is 12.1 Å². The highest BCUT2D eigenvalue weighted by molar-refractivity contribution is 7.89. The van der Waals surface area contributed by atoms with Gasteiger partial charge in [0.2, 0.25) is 10.0 Å². The molecule has 1 aromatic carbocycles. The van der Waals surface area contributed by atoms with Gasteiger partial charge in [0.25, 0.3) is 0 Å². The molecule has 0 aromatic heterocycles. The van der Waals surface area contributed by atoms with E-state index in [1.165, 1.54) is 4.31 Å². The van der Waals surface area contributed by atoms with Crippen LogP contribution in [0.5, 0.6) is 0 Å². The quantitative estimate of drug-likeness (QED) is 0.822. The highest BCUT2D eigenvalue weighted by atomic mass is 32.2. The van der Waals surface area contributed by atoms with E-state index in [1.54, 1.807) is 24.3 Å². The highest BCUT2D eigenvalue weighted by Gasteiger charge is 2.30. The molecule has 0 radical (unpaired) electrons. The van der Waals surface area contributed by atoms with E-state index in [9.17, 15) is 8.42 Å². The van der Waals surface area contributed by atoms with Crippen molar-refractivity contribution >= 4 is 10.0 Å². The molecule has 20 heavy (non-hydrogen) atoms. The van der Waals surface area contributed by atoms with Crippen LogP contribution in [0.1, 0.15) is 18.5 Å². The standard InChI is InChI=1S/C13H20N2O4S/c1-10(14)11-2-4-13(5-3-11)20(17,18)15-6-7-19-12(8-15)9-16/h2-5,10,12,16H,6-9,14H2,1H3. The number of hydrogen-bond donors (Lipinski definition) is 2. The second-order valence-electron chi connectivity index (χ2n) is 4.90. The molecule has 0 saturated carbocycles. The van der Waals surface area contributed by atoms with E-state index in [0.717, 1.165) is 5.56 Å². The van der Waals surface area contributed by atoms with Crippen LogP contribution in [0.15, 0.2) is 29.2 Å². The summed E-state index contributed by atoms with van der Waals surface area (Å²) in [5, 5.41) is 9.08. The van der Waals surface area contributed by atoms with E-state index in [4.69, 9.17) is 15.6 Å². The Labute approximate surface area is 119 Å². The van der Waals surface area contributed by atoms with Crippen molar-refractivity contribution in [2.45, 2.75) is 24.0 Å². The molecule has 1 saturated heterocycles. The van der Waals surface area contributed by atoms with Gasteiger partial charge in [-0.25, -0.2) is 8.42 Å². The summed E-state index contributed by atoms with van der Waals surface area (Å²) in [5.74, 6) is 0. The molecular weight excluding hydrogens is 280 g/mol. The lowest BCUT2D eigenvalue weighted by atomic mass is 10.1. The van der Waals surface area contributed by atoms with Gasteiger partial charge in [0.1, 0.15) is 0 Å². The zero-order chi connectivity index (χ0) is 14.8. The fourth-order valence-electron chi connectivity index (χ4n) is 2.11. The number of ether oxygens (including phenoxy) is 1. The molecule has 3 N–H and O–H groups in total. The summed E-state index contributed by atoms with van der Waals surface area (Å²) in [7, 11) is -3.55. The smallest absolute Gasteiger partial charge is 0.243 e. The van der Waals surface area contributed by atoms with Gasteiger partial charge in [-0.3, -0.25) is 0 Å². The summed E-state index contributed by atoms with van der Waals surface area (Å²) >= 11 is 0. The Bertz CT molecular complexity index is 542. The van der Waals surface area contributed by atoms with E-state index in [2.05, 4.69) is 0 Å². The summed E-state index contributed by atoms with van der Waals surface area (Å²) in [6, 6.07) is 6.45. The number of sulfonamides is 1. The second kappa shape index (κ2) is 6.19. The van der Waals surface area contributed by atoms with Crippen LogP contribution in [0.3, 0.4) is 0 Å². The summed E-state index contributed by atoms with van der Waals surface area (Å²) < 4.78 is 31.6. The number of aliphatic hydroxyl groups excluding tert-OH is 1. The SMILES string of the molecule is CC(N)c1ccc(S(=O)(=O)N2CCOC(CO)C2)cc1. The maximum absolute atomic E-state index is 12.5. The molecule has 2 rings (SSSR count). The first-order chi connectivity index (χ1) is 9.45. The van der Waals surface area contributed by atoms with Crippen LogP contribution in [0.25, 0.3) is 0 Å². The lowest BCUT2D eigenvalue weighted by Gasteiger charge is -2.31. The highest BCUT2D eigenvalue weighted by Crippen LogP contribution is 2.20. The monoisotopic (exact) mass is 300 g/mol.